The first-order valence-electron chi connectivity index (χ1n) is 4.57. The third-order valence-corrected chi connectivity index (χ3v) is 3.89. The number of benzene rings is 1. The van der Waals surface area contributed by atoms with E-state index in [0.717, 1.165) is 22.4 Å². The summed E-state index contributed by atoms with van der Waals surface area (Å²) in [4.78, 5) is 1.25. The monoisotopic (exact) mass is 226 g/mol. The number of halogens is 1. The maximum absolute atomic E-state index is 9.28. The topological polar surface area (TPSA) is 20.2 Å². The fraction of sp³-hybridized carbons (Fsp3) is 0.273. The van der Waals surface area contributed by atoms with Crippen molar-refractivity contribution < 1.29 is 5.11 Å². The first-order chi connectivity index (χ1) is 6.76. The zero-order valence-corrected chi connectivity index (χ0v) is 9.45. The van der Waals surface area contributed by atoms with Crippen LogP contribution in [0.25, 0.3) is 10.1 Å². The maximum atomic E-state index is 9.28. The molecule has 0 saturated carbocycles. The highest BCUT2D eigenvalue weighted by Crippen LogP contribution is 2.33. The van der Waals surface area contributed by atoms with E-state index < -0.39 is 0 Å². The van der Waals surface area contributed by atoms with Gasteiger partial charge in [0.15, 0.2) is 0 Å². The van der Waals surface area contributed by atoms with Crippen LogP contribution in [0.2, 0.25) is 5.02 Å². The smallest absolute Gasteiger partial charge is 0.0698 e. The molecule has 0 unspecified atom stereocenters. The number of rotatable bonds is 2. The molecule has 74 valence electrons. The van der Waals surface area contributed by atoms with Crippen LogP contribution in [0.5, 0.6) is 0 Å². The van der Waals surface area contributed by atoms with E-state index >= 15 is 0 Å². The summed E-state index contributed by atoms with van der Waals surface area (Å²) in [5.74, 6) is 0. The molecule has 0 radical (unpaired) electrons. The Morgan fingerprint density at radius 3 is 2.86 bits per heavy atom. The van der Waals surface area contributed by atoms with Gasteiger partial charge in [-0.05, 0) is 29.5 Å². The van der Waals surface area contributed by atoms with E-state index in [4.69, 9.17) is 11.6 Å². The minimum Gasteiger partial charge on any atom is -0.392 e. The minimum absolute atomic E-state index is 0.116. The Morgan fingerprint density at radius 2 is 2.21 bits per heavy atom. The van der Waals surface area contributed by atoms with Crippen LogP contribution in [-0.4, -0.2) is 5.11 Å². The Hall–Kier alpha value is -0.570. The van der Waals surface area contributed by atoms with Crippen molar-refractivity contribution in [2.75, 3.05) is 0 Å². The Bertz CT molecular complexity index is 462. The summed E-state index contributed by atoms with van der Waals surface area (Å²) < 4.78 is 1.17. The molecule has 0 atom stereocenters. The van der Waals surface area contributed by atoms with Crippen molar-refractivity contribution in [1.29, 1.82) is 0 Å². The second-order valence-corrected chi connectivity index (χ2v) is 4.73. The van der Waals surface area contributed by atoms with Gasteiger partial charge in [-0.2, -0.15) is 0 Å². The van der Waals surface area contributed by atoms with E-state index in [1.54, 1.807) is 11.3 Å². The Balaban J connectivity index is 2.73. The highest BCUT2D eigenvalue weighted by atomic mass is 35.5. The Labute approximate surface area is 91.9 Å². The molecule has 2 aromatic rings. The molecule has 0 bridgehead atoms. The van der Waals surface area contributed by atoms with Gasteiger partial charge in [-0.15, -0.1) is 11.3 Å². The minimum atomic E-state index is 0.116. The summed E-state index contributed by atoms with van der Waals surface area (Å²) in [6.45, 7) is 2.22. The molecule has 0 amide bonds. The van der Waals surface area contributed by atoms with Crippen molar-refractivity contribution >= 4 is 33.0 Å². The Kier molecular flexibility index (Phi) is 2.77. The van der Waals surface area contributed by atoms with Gasteiger partial charge >= 0.3 is 0 Å². The second-order valence-electron chi connectivity index (χ2n) is 3.16. The van der Waals surface area contributed by atoms with Gasteiger partial charge in [-0.25, -0.2) is 0 Å². The summed E-state index contributed by atoms with van der Waals surface area (Å²) in [6.07, 6.45) is 0.965. The van der Waals surface area contributed by atoms with Gasteiger partial charge in [0.1, 0.15) is 0 Å². The predicted octanol–water partition coefficient (Wildman–Crippen LogP) is 3.61. The van der Waals surface area contributed by atoms with Crippen LogP contribution in [0.3, 0.4) is 0 Å². The fourth-order valence-corrected chi connectivity index (χ4v) is 3.06. The molecule has 0 spiro atoms. The normalized spacial score (nSPS) is 11.1. The zero-order chi connectivity index (χ0) is 10.1. The average Bonchev–Trinajstić information content (AvgIpc) is 2.54. The van der Waals surface area contributed by atoms with Crippen LogP contribution in [0.1, 0.15) is 17.4 Å². The largest absolute Gasteiger partial charge is 0.392 e. The summed E-state index contributed by atoms with van der Waals surface area (Å²) in [5, 5.41) is 11.2. The number of aliphatic hydroxyl groups excluding tert-OH is 1. The van der Waals surface area contributed by atoms with Crippen LogP contribution < -0.4 is 0 Å². The molecule has 0 fully saturated rings. The first-order valence-corrected chi connectivity index (χ1v) is 5.76. The van der Waals surface area contributed by atoms with Crippen LogP contribution in [-0.2, 0) is 13.0 Å². The zero-order valence-electron chi connectivity index (χ0n) is 7.88. The number of thiophene rings is 1. The van der Waals surface area contributed by atoms with Gasteiger partial charge in [0, 0.05) is 14.6 Å². The van der Waals surface area contributed by atoms with Crippen molar-refractivity contribution in [1.82, 2.24) is 0 Å². The highest BCUT2D eigenvalue weighted by molar-refractivity contribution is 7.19. The van der Waals surface area contributed by atoms with E-state index in [2.05, 4.69) is 6.92 Å². The first kappa shape index (κ1) is 9.97. The molecular weight excluding hydrogens is 216 g/mol. The van der Waals surface area contributed by atoms with Crippen molar-refractivity contribution in [2.24, 2.45) is 0 Å². The van der Waals surface area contributed by atoms with Crippen molar-refractivity contribution in [3.63, 3.8) is 0 Å². The second kappa shape index (κ2) is 3.89. The molecule has 1 heterocycles. The van der Waals surface area contributed by atoms with E-state index in [1.807, 2.05) is 18.2 Å². The third kappa shape index (κ3) is 1.54. The molecule has 1 aromatic carbocycles. The Morgan fingerprint density at radius 1 is 1.43 bits per heavy atom. The molecule has 1 nitrogen and oxygen atoms in total. The fourth-order valence-electron chi connectivity index (χ4n) is 1.63. The summed E-state index contributed by atoms with van der Waals surface area (Å²) in [6, 6.07) is 5.81. The lowest BCUT2D eigenvalue weighted by Crippen LogP contribution is -1.85. The molecule has 2 rings (SSSR count). The van der Waals surface area contributed by atoms with Crippen molar-refractivity contribution in [3.05, 3.63) is 33.7 Å². The van der Waals surface area contributed by atoms with Crippen LogP contribution >= 0.6 is 22.9 Å². The number of fused-ring (bicyclic) bond motifs is 1. The standard InChI is InChI=1S/C11H11ClOS/c1-2-10-9(6-13)8-4-3-7(12)5-11(8)14-10/h3-5,13H,2,6H2,1H3. The lowest BCUT2D eigenvalue weighted by atomic mass is 10.1. The predicted molar refractivity (Wildman–Crippen MR) is 62.1 cm³/mol. The number of hydrogen-bond acceptors (Lipinski definition) is 2. The van der Waals surface area contributed by atoms with Crippen LogP contribution in [0.4, 0.5) is 0 Å². The average molecular weight is 227 g/mol. The molecule has 0 aliphatic rings. The van der Waals surface area contributed by atoms with Crippen LogP contribution in [0.15, 0.2) is 18.2 Å². The summed E-state index contributed by atoms with van der Waals surface area (Å²) >= 11 is 7.63. The SMILES string of the molecule is CCc1sc2cc(Cl)ccc2c1CO. The molecule has 1 aromatic heterocycles. The lowest BCUT2D eigenvalue weighted by molar-refractivity contribution is 0.283. The molecular formula is C11H11ClOS. The van der Waals surface area contributed by atoms with E-state index in [0.29, 0.717) is 0 Å². The molecule has 0 aliphatic carbocycles. The highest BCUT2D eigenvalue weighted by Gasteiger charge is 2.09. The number of aliphatic hydroxyl groups is 1. The molecule has 0 saturated heterocycles. The van der Waals surface area contributed by atoms with E-state index in [1.165, 1.54) is 9.58 Å². The molecule has 14 heavy (non-hydrogen) atoms. The molecule has 0 aliphatic heterocycles. The summed E-state index contributed by atoms with van der Waals surface area (Å²) in [7, 11) is 0. The maximum Gasteiger partial charge on any atom is 0.0698 e. The quantitative estimate of drug-likeness (QED) is 0.830. The van der Waals surface area contributed by atoms with Gasteiger partial charge in [-0.3, -0.25) is 0 Å². The molecule has 3 heteroatoms. The van der Waals surface area contributed by atoms with E-state index in [9.17, 15) is 5.11 Å². The number of aryl methyl sites for hydroxylation is 1. The third-order valence-electron chi connectivity index (χ3n) is 2.32. The summed E-state index contributed by atoms with van der Waals surface area (Å²) in [5.41, 5.74) is 1.06. The molecule has 1 N–H and O–H groups in total. The van der Waals surface area contributed by atoms with Crippen molar-refractivity contribution in [3.8, 4) is 0 Å². The van der Waals surface area contributed by atoms with Gasteiger partial charge in [0.25, 0.3) is 0 Å². The van der Waals surface area contributed by atoms with Crippen molar-refractivity contribution in [2.45, 2.75) is 20.0 Å². The number of hydrogen-bond donors (Lipinski definition) is 1. The van der Waals surface area contributed by atoms with Gasteiger partial charge in [0.05, 0.1) is 6.61 Å². The van der Waals surface area contributed by atoms with E-state index in [-0.39, 0.29) is 6.61 Å². The van der Waals surface area contributed by atoms with Crippen LogP contribution in [0, 0.1) is 0 Å². The van der Waals surface area contributed by atoms with Gasteiger partial charge in [-0.1, -0.05) is 24.6 Å². The van der Waals surface area contributed by atoms with Gasteiger partial charge < -0.3 is 5.11 Å². The lowest BCUT2D eigenvalue weighted by Gasteiger charge is -1.96. The van der Waals surface area contributed by atoms with Gasteiger partial charge in [0.2, 0.25) is 0 Å².